The average molecular weight is 123 g/mol. The smallest absolute Gasteiger partial charge is 0.0356 e. The lowest BCUT2D eigenvalue weighted by Crippen LogP contribution is -2.22. The van der Waals surface area contributed by atoms with Crippen molar-refractivity contribution in [2.45, 2.75) is 13.3 Å². The number of hydrogen-bond donors (Lipinski definition) is 0. The van der Waals surface area contributed by atoms with Gasteiger partial charge in [-0.25, -0.2) is 0 Å². The SMILES string of the molecule is C=CN1CC=C(C)CC1. The van der Waals surface area contributed by atoms with Crippen molar-refractivity contribution in [3.8, 4) is 0 Å². The van der Waals surface area contributed by atoms with Crippen molar-refractivity contribution in [2.24, 2.45) is 0 Å². The van der Waals surface area contributed by atoms with Crippen molar-refractivity contribution in [2.75, 3.05) is 13.1 Å². The Labute approximate surface area is 56.7 Å². The number of rotatable bonds is 1. The van der Waals surface area contributed by atoms with E-state index in [4.69, 9.17) is 0 Å². The van der Waals surface area contributed by atoms with Crippen LogP contribution >= 0.6 is 0 Å². The van der Waals surface area contributed by atoms with Gasteiger partial charge in [0.15, 0.2) is 0 Å². The van der Waals surface area contributed by atoms with Crippen LogP contribution in [-0.2, 0) is 0 Å². The van der Waals surface area contributed by atoms with Crippen LogP contribution in [0.4, 0.5) is 0 Å². The maximum absolute atomic E-state index is 3.71. The summed E-state index contributed by atoms with van der Waals surface area (Å²) in [6, 6.07) is 0. The van der Waals surface area contributed by atoms with Gasteiger partial charge in [-0.2, -0.15) is 0 Å². The van der Waals surface area contributed by atoms with Crippen LogP contribution in [-0.4, -0.2) is 18.0 Å². The molecule has 0 saturated carbocycles. The lowest BCUT2D eigenvalue weighted by Gasteiger charge is -2.22. The Balaban J connectivity index is 2.45. The van der Waals surface area contributed by atoms with Crippen LogP contribution in [0.25, 0.3) is 0 Å². The highest BCUT2D eigenvalue weighted by molar-refractivity contribution is 5.04. The molecule has 0 spiro atoms. The second-order valence-electron chi connectivity index (χ2n) is 2.48. The molecule has 1 heteroatoms. The van der Waals surface area contributed by atoms with E-state index in [2.05, 4.69) is 24.5 Å². The number of hydrogen-bond acceptors (Lipinski definition) is 1. The Hall–Kier alpha value is -0.720. The third-order valence-electron chi connectivity index (χ3n) is 1.73. The van der Waals surface area contributed by atoms with E-state index < -0.39 is 0 Å². The topological polar surface area (TPSA) is 3.24 Å². The normalized spacial score (nSPS) is 19.2. The van der Waals surface area contributed by atoms with Crippen molar-refractivity contribution in [3.05, 3.63) is 24.4 Å². The standard InChI is InChI=1S/C8H13N/c1-3-9-6-4-8(2)5-7-9/h3-4H,1,5-7H2,2H3. The summed E-state index contributed by atoms with van der Waals surface area (Å²) in [5.74, 6) is 0. The summed E-state index contributed by atoms with van der Waals surface area (Å²) in [4.78, 5) is 2.22. The summed E-state index contributed by atoms with van der Waals surface area (Å²) in [6.45, 7) is 8.08. The predicted molar refractivity (Wildman–Crippen MR) is 40.1 cm³/mol. The maximum Gasteiger partial charge on any atom is 0.0356 e. The minimum atomic E-state index is 1.05. The second kappa shape index (κ2) is 2.72. The third-order valence-corrected chi connectivity index (χ3v) is 1.73. The molecule has 9 heavy (non-hydrogen) atoms. The maximum atomic E-state index is 3.71. The first-order chi connectivity index (χ1) is 4.33. The van der Waals surface area contributed by atoms with E-state index in [1.54, 1.807) is 0 Å². The second-order valence-corrected chi connectivity index (χ2v) is 2.48. The predicted octanol–water partition coefficient (Wildman–Crippen LogP) is 1.78. The summed E-state index contributed by atoms with van der Waals surface area (Å²) in [6.07, 6.45) is 5.36. The molecule has 0 radical (unpaired) electrons. The first-order valence-electron chi connectivity index (χ1n) is 3.35. The molecule has 0 aromatic carbocycles. The molecule has 0 unspecified atom stereocenters. The molecule has 0 bridgehead atoms. The lowest BCUT2D eigenvalue weighted by atomic mass is 10.1. The molecule has 0 N–H and O–H groups in total. The van der Waals surface area contributed by atoms with Gasteiger partial charge in [0.25, 0.3) is 0 Å². The van der Waals surface area contributed by atoms with Crippen LogP contribution in [0, 0.1) is 0 Å². The summed E-state index contributed by atoms with van der Waals surface area (Å²) >= 11 is 0. The fourth-order valence-electron chi connectivity index (χ4n) is 0.952. The zero-order chi connectivity index (χ0) is 6.69. The summed E-state index contributed by atoms with van der Waals surface area (Å²) in [5.41, 5.74) is 1.51. The van der Waals surface area contributed by atoms with Gasteiger partial charge in [0.2, 0.25) is 0 Å². The Morgan fingerprint density at radius 1 is 1.78 bits per heavy atom. The van der Waals surface area contributed by atoms with Crippen molar-refractivity contribution >= 4 is 0 Å². The van der Waals surface area contributed by atoms with E-state index in [-0.39, 0.29) is 0 Å². The zero-order valence-electron chi connectivity index (χ0n) is 5.93. The molecule has 0 atom stereocenters. The van der Waals surface area contributed by atoms with Gasteiger partial charge in [-0.1, -0.05) is 18.2 Å². The van der Waals surface area contributed by atoms with E-state index in [1.165, 1.54) is 12.0 Å². The lowest BCUT2D eigenvalue weighted by molar-refractivity contribution is 0.403. The molecule has 0 saturated heterocycles. The Morgan fingerprint density at radius 2 is 2.56 bits per heavy atom. The monoisotopic (exact) mass is 123 g/mol. The largest absolute Gasteiger partial charge is 0.374 e. The third kappa shape index (κ3) is 1.60. The van der Waals surface area contributed by atoms with Crippen LogP contribution in [0.2, 0.25) is 0 Å². The molecule has 0 fully saturated rings. The van der Waals surface area contributed by atoms with Gasteiger partial charge in [-0.3, -0.25) is 0 Å². The summed E-state index contributed by atoms with van der Waals surface area (Å²) in [5, 5.41) is 0. The molecule has 0 aromatic heterocycles. The van der Waals surface area contributed by atoms with Gasteiger partial charge in [0, 0.05) is 13.1 Å². The molecule has 50 valence electrons. The molecule has 0 aliphatic carbocycles. The van der Waals surface area contributed by atoms with Gasteiger partial charge in [-0.05, 0) is 19.5 Å². The molecular formula is C8H13N. The van der Waals surface area contributed by atoms with Crippen molar-refractivity contribution in [1.82, 2.24) is 4.90 Å². The first-order valence-corrected chi connectivity index (χ1v) is 3.35. The first kappa shape index (κ1) is 6.40. The quantitative estimate of drug-likeness (QED) is 0.480. The average Bonchev–Trinajstić information content (AvgIpc) is 1.90. The van der Waals surface area contributed by atoms with E-state index in [0.29, 0.717) is 0 Å². The van der Waals surface area contributed by atoms with Crippen LogP contribution in [0.15, 0.2) is 24.4 Å². The van der Waals surface area contributed by atoms with Crippen LogP contribution in [0.3, 0.4) is 0 Å². The van der Waals surface area contributed by atoms with Gasteiger partial charge < -0.3 is 4.90 Å². The van der Waals surface area contributed by atoms with E-state index in [0.717, 1.165) is 13.1 Å². The van der Waals surface area contributed by atoms with Gasteiger partial charge in [0.05, 0.1) is 0 Å². The highest BCUT2D eigenvalue weighted by Crippen LogP contribution is 2.08. The van der Waals surface area contributed by atoms with Crippen molar-refractivity contribution < 1.29 is 0 Å². The van der Waals surface area contributed by atoms with Crippen molar-refractivity contribution in [3.63, 3.8) is 0 Å². The summed E-state index contributed by atoms with van der Waals surface area (Å²) < 4.78 is 0. The van der Waals surface area contributed by atoms with Gasteiger partial charge in [-0.15, -0.1) is 0 Å². The van der Waals surface area contributed by atoms with Gasteiger partial charge in [0.1, 0.15) is 0 Å². The van der Waals surface area contributed by atoms with Crippen LogP contribution < -0.4 is 0 Å². The summed E-state index contributed by atoms with van der Waals surface area (Å²) in [7, 11) is 0. The zero-order valence-corrected chi connectivity index (χ0v) is 5.93. The highest BCUT2D eigenvalue weighted by Gasteiger charge is 2.02. The van der Waals surface area contributed by atoms with Crippen molar-refractivity contribution in [1.29, 1.82) is 0 Å². The molecule has 0 amide bonds. The molecule has 1 heterocycles. The van der Waals surface area contributed by atoms with Gasteiger partial charge >= 0.3 is 0 Å². The molecule has 1 rings (SSSR count). The Kier molecular flexibility index (Phi) is 1.93. The fraction of sp³-hybridized carbons (Fsp3) is 0.500. The molecule has 1 aliphatic heterocycles. The molecule has 1 aliphatic rings. The Bertz CT molecular complexity index is 136. The van der Waals surface area contributed by atoms with E-state index >= 15 is 0 Å². The molecular weight excluding hydrogens is 110 g/mol. The fourth-order valence-corrected chi connectivity index (χ4v) is 0.952. The van der Waals surface area contributed by atoms with E-state index in [9.17, 15) is 0 Å². The minimum Gasteiger partial charge on any atom is -0.374 e. The van der Waals surface area contributed by atoms with E-state index in [1.807, 2.05) is 6.20 Å². The van der Waals surface area contributed by atoms with Crippen LogP contribution in [0.1, 0.15) is 13.3 Å². The molecule has 1 nitrogen and oxygen atoms in total. The number of nitrogens with zero attached hydrogens (tertiary/aromatic N) is 1. The Morgan fingerprint density at radius 3 is 3.00 bits per heavy atom. The molecule has 0 aromatic rings. The minimum absolute atomic E-state index is 1.05. The van der Waals surface area contributed by atoms with Crippen LogP contribution in [0.5, 0.6) is 0 Å². The highest BCUT2D eigenvalue weighted by atomic mass is 15.1.